The summed E-state index contributed by atoms with van der Waals surface area (Å²) < 4.78 is 6.85. The quantitative estimate of drug-likeness (QED) is 0.676. The Hall–Kier alpha value is -2.01. The summed E-state index contributed by atoms with van der Waals surface area (Å²) in [5, 5.41) is 3.64. The molecule has 32 heavy (non-hydrogen) atoms. The fourth-order valence-electron chi connectivity index (χ4n) is 4.86. The first-order chi connectivity index (χ1) is 14.8. The van der Waals surface area contributed by atoms with E-state index in [-0.39, 0.29) is 24.9 Å². The highest BCUT2D eigenvalue weighted by molar-refractivity contribution is 6.31. The number of fused-ring (bicyclic) bond motifs is 1. The third kappa shape index (κ3) is 5.67. The minimum absolute atomic E-state index is 0. The molecule has 1 amide bonds. The molecule has 4 rings (SSSR count). The number of nitrogens with one attached hydrogen (secondary N) is 1. The Morgan fingerprint density at radius 1 is 1.12 bits per heavy atom. The summed E-state index contributed by atoms with van der Waals surface area (Å²) in [6.07, 6.45) is 8.61. The lowest BCUT2D eigenvalue weighted by Gasteiger charge is -2.40. The molecule has 1 N–H and O–H groups in total. The molecule has 1 aliphatic heterocycles. The third-order valence-electron chi connectivity index (χ3n) is 6.63. The molecule has 1 heterocycles. The van der Waals surface area contributed by atoms with Crippen molar-refractivity contribution in [2.45, 2.75) is 51.6 Å². The van der Waals surface area contributed by atoms with Crippen LogP contribution in [0.25, 0.3) is 6.08 Å². The molecule has 1 saturated carbocycles. The number of nitrogens with zero attached hydrogens (tertiary/aromatic N) is 1. The number of quaternary nitrogens is 1. The lowest BCUT2D eigenvalue weighted by Crippen LogP contribution is -3.00. The summed E-state index contributed by atoms with van der Waals surface area (Å²) in [5.74, 6) is 0.651. The van der Waals surface area contributed by atoms with Gasteiger partial charge >= 0.3 is 0 Å². The van der Waals surface area contributed by atoms with Crippen molar-refractivity contribution < 1.29 is 26.4 Å². The Bertz CT molecular complexity index is 994. The predicted octanol–water partition coefficient (Wildman–Crippen LogP) is 2.98. The molecular weight excluding hydrogens is 443 g/mol. The summed E-state index contributed by atoms with van der Waals surface area (Å²) in [7, 11) is 4.68. The molecule has 0 bridgehead atoms. The molecule has 0 saturated heterocycles. The standard InChI is InChI=1S/C26H31ClN2O2.ClH/c1-18-13-22(27)15-20-14-21(17-31-25(18)20)26(30)28-23-11-9-19(10-12-23)16-29(2,3)24-7-5-4-6-8-24;/h9-15,24H,4-8,16-17H2,1-3H3;1H. The van der Waals surface area contributed by atoms with Crippen LogP contribution < -0.4 is 22.5 Å². The molecule has 2 aromatic carbocycles. The van der Waals surface area contributed by atoms with Gasteiger partial charge in [0.2, 0.25) is 0 Å². The van der Waals surface area contributed by atoms with Gasteiger partial charge in [0.05, 0.1) is 25.7 Å². The average molecular weight is 475 g/mol. The number of hydrogen-bond acceptors (Lipinski definition) is 2. The number of aryl methyl sites for hydroxylation is 1. The van der Waals surface area contributed by atoms with E-state index >= 15 is 0 Å². The molecule has 1 aliphatic carbocycles. The number of carbonyl (C=O) groups is 1. The van der Waals surface area contributed by atoms with Crippen molar-refractivity contribution in [2.24, 2.45) is 0 Å². The fourth-order valence-corrected chi connectivity index (χ4v) is 5.14. The van der Waals surface area contributed by atoms with Gasteiger partial charge in [0.25, 0.3) is 5.91 Å². The largest absolute Gasteiger partial charge is 1.00 e. The topological polar surface area (TPSA) is 38.3 Å². The predicted molar refractivity (Wildman–Crippen MR) is 127 cm³/mol. The second kappa shape index (κ2) is 10.3. The van der Waals surface area contributed by atoms with Crippen molar-refractivity contribution in [3.63, 3.8) is 0 Å². The van der Waals surface area contributed by atoms with E-state index in [0.717, 1.165) is 39.6 Å². The normalized spacial score (nSPS) is 16.3. The minimum atomic E-state index is -0.144. The Labute approximate surface area is 202 Å². The Balaban J connectivity index is 0.00000289. The zero-order chi connectivity index (χ0) is 22.0. The molecule has 4 nitrogen and oxygen atoms in total. The van der Waals surface area contributed by atoms with Gasteiger partial charge in [-0.15, -0.1) is 0 Å². The number of halogens is 2. The number of amides is 1. The van der Waals surface area contributed by atoms with E-state index < -0.39 is 0 Å². The highest BCUT2D eigenvalue weighted by Gasteiger charge is 2.29. The van der Waals surface area contributed by atoms with Crippen molar-refractivity contribution >= 4 is 29.3 Å². The first-order valence-electron chi connectivity index (χ1n) is 11.2. The first-order valence-corrected chi connectivity index (χ1v) is 11.6. The molecule has 6 heteroatoms. The fraction of sp³-hybridized carbons (Fsp3) is 0.423. The second-order valence-electron chi connectivity index (χ2n) is 9.48. The van der Waals surface area contributed by atoms with Crippen LogP contribution in [-0.2, 0) is 11.3 Å². The van der Waals surface area contributed by atoms with E-state index in [2.05, 4.69) is 31.5 Å². The number of ether oxygens (including phenoxy) is 1. The summed E-state index contributed by atoms with van der Waals surface area (Å²) in [4.78, 5) is 12.8. The molecule has 1 fully saturated rings. The van der Waals surface area contributed by atoms with Crippen molar-refractivity contribution in [3.8, 4) is 5.75 Å². The summed E-state index contributed by atoms with van der Waals surface area (Å²) in [6.45, 7) is 3.22. The maximum atomic E-state index is 12.8. The summed E-state index contributed by atoms with van der Waals surface area (Å²) >= 11 is 6.16. The van der Waals surface area contributed by atoms with Crippen LogP contribution in [0, 0.1) is 6.92 Å². The highest BCUT2D eigenvalue weighted by Crippen LogP contribution is 2.33. The lowest BCUT2D eigenvalue weighted by molar-refractivity contribution is -0.929. The summed E-state index contributed by atoms with van der Waals surface area (Å²) in [6, 6.07) is 12.7. The van der Waals surface area contributed by atoms with Gasteiger partial charge in [-0.25, -0.2) is 0 Å². The second-order valence-corrected chi connectivity index (χ2v) is 9.92. The van der Waals surface area contributed by atoms with Gasteiger partial charge in [0, 0.05) is 21.8 Å². The van der Waals surface area contributed by atoms with Crippen LogP contribution >= 0.6 is 11.6 Å². The van der Waals surface area contributed by atoms with E-state index in [9.17, 15) is 4.79 Å². The molecule has 0 spiro atoms. The van der Waals surface area contributed by atoms with Crippen molar-refractivity contribution in [2.75, 3.05) is 26.0 Å². The summed E-state index contributed by atoms with van der Waals surface area (Å²) in [5.41, 5.74) is 4.51. The molecule has 172 valence electrons. The number of carbonyl (C=O) groups excluding carboxylic acids is 1. The van der Waals surface area contributed by atoms with E-state index in [0.29, 0.717) is 10.6 Å². The van der Waals surface area contributed by atoms with Gasteiger partial charge in [0.1, 0.15) is 18.9 Å². The molecule has 0 atom stereocenters. The van der Waals surface area contributed by atoms with Crippen molar-refractivity contribution in [3.05, 3.63) is 63.7 Å². The minimum Gasteiger partial charge on any atom is -1.00 e. The molecule has 2 aromatic rings. The number of rotatable bonds is 5. The lowest BCUT2D eigenvalue weighted by atomic mass is 9.92. The van der Waals surface area contributed by atoms with Gasteiger partial charge in [-0.2, -0.15) is 0 Å². The SMILES string of the molecule is Cc1cc(Cl)cc2c1OCC(C(=O)Nc1ccc(C[N+](C)(C)C3CCCCC3)cc1)=C2.[Cl-]. The van der Waals surface area contributed by atoms with Crippen LogP contribution in [0.4, 0.5) is 5.69 Å². The number of benzene rings is 2. The zero-order valence-electron chi connectivity index (χ0n) is 19.1. The van der Waals surface area contributed by atoms with Gasteiger partial charge in [-0.3, -0.25) is 4.79 Å². The van der Waals surface area contributed by atoms with Crippen LogP contribution in [-0.4, -0.2) is 37.1 Å². The molecule has 2 aliphatic rings. The van der Waals surface area contributed by atoms with Gasteiger partial charge in [0.15, 0.2) is 0 Å². The van der Waals surface area contributed by atoms with E-state index in [1.807, 2.05) is 37.3 Å². The Kier molecular flexibility index (Phi) is 7.92. The van der Waals surface area contributed by atoms with Gasteiger partial charge in [-0.05, 0) is 68.5 Å². The molecule has 0 aromatic heterocycles. The third-order valence-corrected chi connectivity index (χ3v) is 6.84. The van der Waals surface area contributed by atoms with Crippen LogP contribution in [0.5, 0.6) is 5.75 Å². The first kappa shape index (κ1) is 24.6. The monoisotopic (exact) mass is 474 g/mol. The van der Waals surface area contributed by atoms with Crippen LogP contribution in [0.1, 0.15) is 48.8 Å². The zero-order valence-corrected chi connectivity index (χ0v) is 20.6. The van der Waals surface area contributed by atoms with E-state index in [4.69, 9.17) is 16.3 Å². The maximum Gasteiger partial charge on any atom is 0.255 e. The van der Waals surface area contributed by atoms with Crippen LogP contribution in [0.15, 0.2) is 42.0 Å². The van der Waals surface area contributed by atoms with Crippen molar-refractivity contribution in [1.29, 1.82) is 0 Å². The number of hydrogen-bond donors (Lipinski definition) is 1. The van der Waals surface area contributed by atoms with Crippen molar-refractivity contribution in [1.82, 2.24) is 0 Å². The van der Waals surface area contributed by atoms with E-state index in [1.165, 1.54) is 37.7 Å². The maximum absolute atomic E-state index is 12.8. The molecular formula is C26H32Cl2N2O2. The highest BCUT2D eigenvalue weighted by atomic mass is 35.5. The molecule has 0 radical (unpaired) electrons. The van der Waals surface area contributed by atoms with Gasteiger partial charge in [-0.1, -0.05) is 30.2 Å². The molecule has 0 unspecified atom stereocenters. The van der Waals surface area contributed by atoms with Crippen LogP contribution in [0.3, 0.4) is 0 Å². The average Bonchev–Trinajstić information content (AvgIpc) is 2.75. The Morgan fingerprint density at radius 2 is 1.81 bits per heavy atom. The van der Waals surface area contributed by atoms with Crippen LogP contribution in [0.2, 0.25) is 5.02 Å². The smallest absolute Gasteiger partial charge is 0.255 e. The Morgan fingerprint density at radius 3 is 2.50 bits per heavy atom. The number of anilines is 1. The van der Waals surface area contributed by atoms with Gasteiger partial charge < -0.3 is 26.9 Å². The van der Waals surface area contributed by atoms with E-state index in [1.54, 1.807) is 0 Å².